The van der Waals surface area contributed by atoms with Crippen molar-refractivity contribution >= 4 is 5.84 Å². The third-order valence-corrected chi connectivity index (χ3v) is 2.40. The molecule has 0 aliphatic carbocycles. The molecule has 0 bridgehead atoms. The molecule has 5 nitrogen and oxygen atoms in total. The van der Waals surface area contributed by atoms with E-state index in [0.29, 0.717) is 5.84 Å². The summed E-state index contributed by atoms with van der Waals surface area (Å²) in [7, 11) is 0. The summed E-state index contributed by atoms with van der Waals surface area (Å²) in [5.41, 5.74) is 0.100. The number of nitro groups is 1. The Morgan fingerprint density at radius 1 is 1.79 bits per heavy atom. The van der Waals surface area contributed by atoms with E-state index in [1.807, 2.05) is 18.0 Å². The number of amidine groups is 1. The van der Waals surface area contributed by atoms with Crippen LogP contribution >= 0.6 is 0 Å². The lowest BCUT2D eigenvalue weighted by molar-refractivity contribution is -0.415. The molecule has 2 rings (SSSR count). The van der Waals surface area contributed by atoms with Crippen molar-refractivity contribution < 1.29 is 4.92 Å². The van der Waals surface area contributed by atoms with Crippen molar-refractivity contribution in [1.82, 2.24) is 4.90 Å². The fourth-order valence-electron chi connectivity index (χ4n) is 1.62. The molecule has 0 spiro atoms. The van der Waals surface area contributed by atoms with Gasteiger partial charge in [-0.05, 0) is 12.5 Å². The van der Waals surface area contributed by atoms with E-state index in [9.17, 15) is 10.1 Å². The zero-order valence-corrected chi connectivity index (χ0v) is 7.88. The summed E-state index contributed by atoms with van der Waals surface area (Å²) in [5, 5.41) is 10.7. The number of allylic oxidation sites excluding steroid dienone is 2. The minimum absolute atomic E-state index is 0.100. The average molecular weight is 193 g/mol. The van der Waals surface area contributed by atoms with Crippen LogP contribution in [0.2, 0.25) is 0 Å². The normalized spacial score (nSPS) is 24.4. The molecule has 2 aliphatic heterocycles. The predicted molar refractivity (Wildman–Crippen MR) is 52.4 cm³/mol. The van der Waals surface area contributed by atoms with Gasteiger partial charge in [0.2, 0.25) is 5.84 Å². The topological polar surface area (TPSA) is 58.7 Å². The van der Waals surface area contributed by atoms with Crippen LogP contribution in [-0.4, -0.2) is 28.2 Å². The number of hydrogen-bond donors (Lipinski definition) is 0. The van der Waals surface area contributed by atoms with Gasteiger partial charge in [0.15, 0.2) is 0 Å². The van der Waals surface area contributed by atoms with Gasteiger partial charge < -0.3 is 4.90 Å². The Hall–Kier alpha value is -1.65. The van der Waals surface area contributed by atoms with Gasteiger partial charge in [0.05, 0.1) is 11.0 Å². The van der Waals surface area contributed by atoms with Gasteiger partial charge in [0.1, 0.15) is 0 Å². The SMILES string of the molecule is CCC1CN2C=CC=C([N+](=O)[O-])C2=N1. The highest BCUT2D eigenvalue weighted by Crippen LogP contribution is 2.20. The van der Waals surface area contributed by atoms with E-state index in [1.54, 1.807) is 6.08 Å². The number of hydrogen-bond acceptors (Lipinski definition) is 4. The maximum Gasteiger partial charge on any atom is 0.311 e. The van der Waals surface area contributed by atoms with Crippen LogP contribution in [0.15, 0.2) is 29.0 Å². The van der Waals surface area contributed by atoms with E-state index < -0.39 is 0 Å². The predicted octanol–water partition coefficient (Wildman–Crippen LogP) is 1.17. The van der Waals surface area contributed by atoms with Gasteiger partial charge in [-0.25, -0.2) is 0 Å². The van der Waals surface area contributed by atoms with Gasteiger partial charge in [0.25, 0.3) is 0 Å². The molecule has 74 valence electrons. The summed E-state index contributed by atoms with van der Waals surface area (Å²) in [5.74, 6) is 0.504. The highest BCUT2D eigenvalue weighted by molar-refractivity contribution is 5.99. The van der Waals surface area contributed by atoms with Crippen LogP contribution in [0.1, 0.15) is 13.3 Å². The van der Waals surface area contributed by atoms with Crippen molar-refractivity contribution in [3.05, 3.63) is 34.2 Å². The maximum atomic E-state index is 10.7. The van der Waals surface area contributed by atoms with Crippen LogP contribution < -0.4 is 0 Å². The van der Waals surface area contributed by atoms with E-state index in [2.05, 4.69) is 4.99 Å². The van der Waals surface area contributed by atoms with Crippen LogP contribution in [0, 0.1) is 10.1 Å². The Bertz CT molecular complexity index is 357. The Morgan fingerprint density at radius 2 is 2.57 bits per heavy atom. The van der Waals surface area contributed by atoms with Crippen LogP contribution in [0.4, 0.5) is 0 Å². The molecule has 5 heteroatoms. The number of nitrogens with zero attached hydrogens (tertiary/aromatic N) is 3. The summed E-state index contributed by atoms with van der Waals surface area (Å²) < 4.78 is 0. The molecule has 1 unspecified atom stereocenters. The minimum Gasteiger partial charge on any atom is -0.325 e. The first kappa shape index (κ1) is 8.93. The van der Waals surface area contributed by atoms with Crippen molar-refractivity contribution in [2.45, 2.75) is 19.4 Å². The molecule has 0 N–H and O–H groups in total. The molecular formula is C9H11N3O2. The van der Waals surface area contributed by atoms with Crippen molar-refractivity contribution in [2.75, 3.05) is 6.54 Å². The second-order valence-electron chi connectivity index (χ2n) is 3.32. The van der Waals surface area contributed by atoms with Crippen LogP contribution in [-0.2, 0) is 0 Å². The van der Waals surface area contributed by atoms with E-state index in [1.165, 1.54) is 6.08 Å². The first-order valence-electron chi connectivity index (χ1n) is 4.60. The Morgan fingerprint density at radius 3 is 3.21 bits per heavy atom. The highest BCUT2D eigenvalue weighted by atomic mass is 16.6. The molecule has 2 heterocycles. The minimum atomic E-state index is -0.382. The molecule has 0 fully saturated rings. The Labute approximate surface area is 81.6 Å². The molecule has 0 aromatic heterocycles. The van der Waals surface area contributed by atoms with Crippen LogP contribution in [0.3, 0.4) is 0 Å². The molecule has 0 radical (unpaired) electrons. The molecule has 1 atom stereocenters. The smallest absolute Gasteiger partial charge is 0.311 e. The van der Waals surface area contributed by atoms with Crippen molar-refractivity contribution in [1.29, 1.82) is 0 Å². The average Bonchev–Trinajstić information content (AvgIpc) is 2.59. The summed E-state index contributed by atoms with van der Waals surface area (Å²) >= 11 is 0. The Kier molecular flexibility index (Phi) is 2.07. The number of aliphatic imine (C=N–C) groups is 1. The van der Waals surface area contributed by atoms with Crippen molar-refractivity contribution in [2.24, 2.45) is 4.99 Å². The number of fused-ring (bicyclic) bond motifs is 1. The Balaban J connectivity index is 2.32. The highest BCUT2D eigenvalue weighted by Gasteiger charge is 2.32. The lowest BCUT2D eigenvalue weighted by atomic mass is 10.2. The molecular weight excluding hydrogens is 182 g/mol. The van der Waals surface area contributed by atoms with Gasteiger partial charge in [-0.1, -0.05) is 6.92 Å². The first-order valence-corrected chi connectivity index (χ1v) is 4.60. The maximum absolute atomic E-state index is 10.7. The molecule has 0 saturated heterocycles. The van der Waals surface area contributed by atoms with Gasteiger partial charge in [-0.2, -0.15) is 0 Å². The van der Waals surface area contributed by atoms with E-state index in [4.69, 9.17) is 0 Å². The quantitative estimate of drug-likeness (QED) is 0.488. The summed E-state index contributed by atoms with van der Waals surface area (Å²) in [6.07, 6.45) is 5.93. The van der Waals surface area contributed by atoms with Gasteiger partial charge in [-0.15, -0.1) is 0 Å². The summed E-state index contributed by atoms with van der Waals surface area (Å²) in [6.45, 7) is 2.79. The standard InChI is InChI=1S/C9H11N3O2/c1-2-7-6-11-5-3-4-8(12(13)14)9(11)10-7/h3-5,7H,2,6H2,1H3. The molecule has 0 amide bonds. The lowest BCUT2D eigenvalue weighted by Crippen LogP contribution is -2.29. The molecule has 2 aliphatic rings. The molecule has 0 saturated carbocycles. The van der Waals surface area contributed by atoms with Gasteiger partial charge in [0, 0.05) is 18.8 Å². The second kappa shape index (κ2) is 3.25. The van der Waals surface area contributed by atoms with E-state index in [0.717, 1.165) is 13.0 Å². The summed E-state index contributed by atoms with van der Waals surface area (Å²) in [4.78, 5) is 16.5. The zero-order chi connectivity index (χ0) is 10.1. The van der Waals surface area contributed by atoms with Gasteiger partial charge >= 0.3 is 5.70 Å². The van der Waals surface area contributed by atoms with E-state index >= 15 is 0 Å². The monoisotopic (exact) mass is 193 g/mol. The first-order chi connectivity index (χ1) is 6.72. The molecule has 14 heavy (non-hydrogen) atoms. The van der Waals surface area contributed by atoms with Crippen molar-refractivity contribution in [3.8, 4) is 0 Å². The summed E-state index contributed by atoms with van der Waals surface area (Å²) in [6, 6.07) is 0.191. The van der Waals surface area contributed by atoms with Crippen molar-refractivity contribution in [3.63, 3.8) is 0 Å². The third-order valence-electron chi connectivity index (χ3n) is 2.40. The molecule has 0 aromatic rings. The van der Waals surface area contributed by atoms with Crippen LogP contribution in [0.5, 0.6) is 0 Å². The fourth-order valence-corrected chi connectivity index (χ4v) is 1.62. The van der Waals surface area contributed by atoms with Crippen LogP contribution in [0.25, 0.3) is 0 Å². The number of rotatable bonds is 2. The fraction of sp³-hybridized carbons (Fsp3) is 0.444. The molecule has 0 aromatic carbocycles. The van der Waals surface area contributed by atoms with Gasteiger partial charge in [-0.3, -0.25) is 15.1 Å². The zero-order valence-electron chi connectivity index (χ0n) is 7.88. The lowest BCUT2D eigenvalue weighted by Gasteiger charge is -2.16. The van der Waals surface area contributed by atoms with E-state index in [-0.39, 0.29) is 16.7 Å². The second-order valence-corrected chi connectivity index (χ2v) is 3.32. The largest absolute Gasteiger partial charge is 0.325 e. The third kappa shape index (κ3) is 1.30.